The first-order valence-corrected chi connectivity index (χ1v) is 13.5. The molecule has 4 rings (SSSR count). The average Bonchev–Trinajstić information content (AvgIpc) is 3.28. The largest absolute Gasteiger partial charge is 0.379 e. The zero-order valence-electron chi connectivity index (χ0n) is 18.5. The molecule has 1 aromatic heterocycles. The van der Waals surface area contributed by atoms with E-state index in [4.69, 9.17) is 16.3 Å². The third-order valence-electron chi connectivity index (χ3n) is 5.20. The average molecular weight is 522 g/mol. The molecule has 12 heteroatoms. The second kappa shape index (κ2) is 10.9. The van der Waals surface area contributed by atoms with Crippen LogP contribution in [-0.4, -0.2) is 65.5 Å². The normalized spacial score (nSPS) is 14.8. The maximum atomic E-state index is 13.0. The number of hydrogen-bond donors (Lipinski definition) is 1. The predicted molar refractivity (Wildman–Crippen MR) is 132 cm³/mol. The molecular weight excluding hydrogens is 498 g/mol. The van der Waals surface area contributed by atoms with Gasteiger partial charge in [-0.3, -0.25) is 4.79 Å². The maximum Gasteiger partial charge on any atom is 0.244 e. The number of hydrogen-bond acceptors (Lipinski definition) is 7. The Morgan fingerprint density at radius 1 is 1.15 bits per heavy atom. The van der Waals surface area contributed by atoms with E-state index in [1.54, 1.807) is 6.07 Å². The Kier molecular flexibility index (Phi) is 7.89. The highest BCUT2D eigenvalue weighted by Crippen LogP contribution is 2.29. The first-order chi connectivity index (χ1) is 16.4. The number of rotatable bonds is 8. The lowest BCUT2D eigenvalue weighted by Gasteiger charge is -2.26. The van der Waals surface area contributed by atoms with Crippen LogP contribution < -0.4 is 5.32 Å². The number of anilines is 1. The van der Waals surface area contributed by atoms with Crippen LogP contribution in [0.4, 0.5) is 5.69 Å². The van der Waals surface area contributed by atoms with Gasteiger partial charge in [0, 0.05) is 30.9 Å². The second-order valence-electron chi connectivity index (χ2n) is 7.41. The lowest BCUT2D eigenvalue weighted by atomic mass is 10.2. The Hall–Kier alpha value is -2.44. The molecule has 1 aliphatic heterocycles. The van der Waals surface area contributed by atoms with E-state index in [9.17, 15) is 13.2 Å². The Morgan fingerprint density at radius 3 is 2.59 bits per heavy atom. The van der Waals surface area contributed by atoms with Gasteiger partial charge in [-0.1, -0.05) is 53.7 Å². The van der Waals surface area contributed by atoms with Gasteiger partial charge in [0.05, 0.1) is 24.0 Å². The van der Waals surface area contributed by atoms with Crippen molar-refractivity contribution < 1.29 is 17.9 Å². The molecule has 0 radical (unpaired) electrons. The van der Waals surface area contributed by atoms with E-state index >= 15 is 0 Å². The summed E-state index contributed by atoms with van der Waals surface area (Å²) < 4.78 is 34.5. The number of nitrogens with zero attached hydrogens (tertiary/aromatic N) is 4. The molecule has 180 valence electrons. The Balaban J connectivity index is 1.44. The minimum Gasteiger partial charge on any atom is -0.379 e. The Morgan fingerprint density at radius 2 is 1.88 bits per heavy atom. The predicted octanol–water partition coefficient (Wildman–Crippen LogP) is 3.37. The molecule has 1 fully saturated rings. The van der Waals surface area contributed by atoms with E-state index in [1.807, 2.05) is 41.8 Å². The molecule has 0 aliphatic carbocycles. The standard InChI is InChI=1S/C22H24ClN5O4S2/c1-2-28-21(16-6-4-3-5-7-16)25-26-22(28)33-15-20(29)24-17-8-9-18(23)19(14-17)34(30,31)27-10-12-32-13-11-27/h3-9,14H,2,10-13,15H2,1H3,(H,24,29). The number of aromatic nitrogens is 3. The summed E-state index contributed by atoms with van der Waals surface area (Å²) in [5.74, 6) is 0.525. The van der Waals surface area contributed by atoms with E-state index < -0.39 is 10.0 Å². The van der Waals surface area contributed by atoms with Gasteiger partial charge in [-0.15, -0.1) is 10.2 Å². The van der Waals surface area contributed by atoms with E-state index in [-0.39, 0.29) is 34.7 Å². The number of nitrogens with one attached hydrogen (secondary N) is 1. The molecule has 1 saturated heterocycles. The SMILES string of the molecule is CCn1c(SCC(=O)Nc2ccc(Cl)c(S(=O)(=O)N3CCOCC3)c2)nnc1-c1ccccc1. The monoisotopic (exact) mass is 521 g/mol. The molecule has 34 heavy (non-hydrogen) atoms. The third kappa shape index (κ3) is 5.44. The number of sulfonamides is 1. The van der Waals surface area contributed by atoms with Gasteiger partial charge in [0.25, 0.3) is 0 Å². The Labute approximate surface area is 207 Å². The zero-order chi connectivity index (χ0) is 24.1. The number of carbonyl (C=O) groups excluding carboxylic acids is 1. The number of morpholine rings is 1. The number of halogens is 1. The minimum absolute atomic E-state index is 0.0419. The van der Waals surface area contributed by atoms with Crippen LogP contribution in [0.25, 0.3) is 11.4 Å². The van der Waals surface area contributed by atoms with Gasteiger partial charge in [-0.2, -0.15) is 4.31 Å². The molecule has 1 N–H and O–H groups in total. The molecule has 0 bridgehead atoms. The highest BCUT2D eigenvalue weighted by Gasteiger charge is 2.28. The fourth-order valence-corrected chi connectivity index (χ4v) is 6.22. The van der Waals surface area contributed by atoms with Crippen LogP contribution in [0.3, 0.4) is 0 Å². The summed E-state index contributed by atoms with van der Waals surface area (Å²) in [6.07, 6.45) is 0. The fraction of sp³-hybridized carbons (Fsp3) is 0.318. The topological polar surface area (TPSA) is 106 Å². The summed E-state index contributed by atoms with van der Waals surface area (Å²) in [7, 11) is -3.80. The highest BCUT2D eigenvalue weighted by atomic mass is 35.5. The number of benzene rings is 2. The molecular formula is C22H24ClN5O4S2. The molecule has 3 aromatic rings. The molecule has 2 heterocycles. The molecule has 2 aromatic carbocycles. The van der Waals surface area contributed by atoms with E-state index in [0.717, 1.165) is 11.4 Å². The van der Waals surface area contributed by atoms with Gasteiger partial charge in [-0.05, 0) is 25.1 Å². The summed E-state index contributed by atoms with van der Waals surface area (Å²) in [6, 6.07) is 14.2. The van der Waals surface area contributed by atoms with E-state index in [2.05, 4.69) is 15.5 Å². The van der Waals surface area contributed by atoms with Gasteiger partial charge >= 0.3 is 0 Å². The van der Waals surface area contributed by atoms with Crippen LogP contribution in [0.15, 0.2) is 58.6 Å². The van der Waals surface area contributed by atoms with Gasteiger partial charge < -0.3 is 14.6 Å². The maximum absolute atomic E-state index is 13.0. The van der Waals surface area contributed by atoms with Crippen molar-refractivity contribution in [2.24, 2.45) is 0 Å². The van der Waals surface area contributed by atoms with Crippen molar-refractivity contribution in [2.45, 2.75) is 23.5 Å². The van der Waals surface area contributed by atoms with Crippen molar-refractivity contribution in [2.75, 3.05) is 37.4 Å². The molecule has 0 unspecified atom stereocenters. The van der Waals surface area contributed by atoms with Gasteiger partial charge in [0.1, 0.15) is 4.90 Å². The third-order valence-corrected chi connectivity index (χ3v) is 8.55. The van der Waals surface area contributed by atoms with Crippen molar-refractivity contribution >= 4 is 45.0 Å². The molecule has 9 nitrogen and oxygen atoms in total. The van der Waals surface area contributed by atoms with Gasteiger partial charge in [-0.25, -0.2) is 8.42 Å². The molecule has 1 aliphatic rings. The van der Waals surface area contributed by atoms with Gasteiger partial charge in [0.2, 0.25) is 15.9 Å². The summed E-state index contributed by atoms with van der Waals surface area (Å²) in [5, 5.41) is 12.0. The Bertz CT molecular complexity index is 1260. The van der Waals surface area contributed by atoms with Crippen molar-refractivity contribution in [3.05, 3.63) is 53.6 Å². The number of ether oxygens (including phenoxy) is 1. The minimum atomic E-state index is -3.80. The van der Waals surface area contributed by atoms with E-state index in [0.29, 0.717) is 30.6 Å². The van der Waals surface area contributed by atoms with Crippen molar-refractivity contribution in [3.8, 4) is 11.4 Å². The summed E-state index contributed by atoms with van der Waals surface area (Å²) in [5.41, 5.74) is 1.30. The van der Waals surface area contributed by atoms with Crippen LogP contribution in [0.1, 0.15) is 6.92 Å². The number of amides is 1. The molecule has 0 spiro atoms. The molecule has 0 saturated carbocycles. The first-order valence-electron chi connectivity index (χ1n) is 10.7. The highest BCUT2D eigenvalue weighted by molar-refractivity contribution is 7.99. The van der Waals surface area contributed by atoms with Crippen molar-refractivity contribution in [1.82, 2.24) is 19.1 Å². The second-order valence-corrected chi connectivity index (χ2v) is 10.7. The van der Waals surface area contributed by atoms with Crippen LogP contribution in [0.5, 0.6) is 0 Å². The zero-order valence-corrected chi connectivity index (χ0v) is 20.9. The fourth-order valence-electron chi connectivity index (χ4n) is 3.51. The van der Waals surface area contributed by atoms with Crippen LogP contribution in [-0.2, 0) is 26.1 Å². The summed E-state index contributed by atoms with van der Waals surface area (Å²) in [6.45, 7) is 3.83. The van der Waals surface area contributed by atoms with E-state index in [1.165, 1.54) is 28.2 Å². The molecule has 0 atom stereocenters. The first kappa shape index (κ1) is 24.7. The lowest BCUT2D eigenvalue weighted by Crippen LogP contribution is -2.40. The smallest absolute Gasteiger partial charge is 0.244 e. The molecule has 1 amide bonds. The summed E-state index contributed by atoms with van der Waals surface area (Å²) in [4.78, 5) is 12.6. The number of thioether (sulfide) groups is 1. The van der Waals surface area contributed by atoms with Crippen LogP contribution >= 0.6 is 23.4 Å². The van der Waals surface area contributed by atoms with Crippen molar-refractivity contribution in [3.63, 3.8) is 0 Å². The van der Waals surface area contributed by atoms with Crippen molar-refractivity contribution in [1.29, 1.82) is 0 Å². The van der Waals surface area contributed by atoms with Gasteiger partial charge in [0.15, 0.2) is 11.0 Å². The quantitative estimate of drug-likeness (QED) is 0.453. The number of carbonyl (C=O) groups is 1. The van der Waals surface area contributed by atoms with Crippen LogP contribution in [0, 0.1) is 0 Å². The lowest BCUT2D eigenvalue weighted by molar-refractivity contribution is -0.113. The van der Waals surface area contributed by atoms with Crippen LogP contribution in [0.2, 0.25) is 5.02 Å². The summed E-state index contributed by atoms with van der Waals surface area (Å²) >= 11 is 7.45.